The molecule has 0 aliphatic carbocycles. The molecule has 0 saturated carbocycles. The van der Waals surface area contributed by atoms with Crippen molar-refractivity contribution in [3.63, 3.8) is 0 Å². The van der Waals surface area contributed by atoms with Gasteiger partial charge in [-0.25, -0.2) is 4.98 Å². The number of nitrogens with zero attached hydrogens (tertiary/aromatic N) is 1. The second-order valence-corrected chi connectivity index (χ2v) is 5.82. The van der Waals surface area contributed by atoms with Gasteiger partial charge in [-0.05, 0) is 24.1 Å². The van der Waals surface area contributed by atoms with Crippen LogP contribution < -0.4 is 26.8 Å². The van der Waals surface area contributed by atoms with Crippen molar-refractivity contribution in [2.45, 2.75) is 6.42 Å². The van der Waals surface area contributed by atoms with Crippen molar-refractivity contribution in [1.29, 1.82) is 0 Å². The van der Waals surface area contributed by atoms with E-state index in [0.29, 0.717) is 18.1 Å². The van der Waals surface area contributed by atoms with E-state index in [4.69, 9.17) is 0 Å². The molecule has 0 aliphatic heterocycles. The topological polar surface area (TPSA) is 100 Å². The predicted molar refractivity (Wildman–Crippen MR) is 106 cm³/mol. The highest BCUT2D eigenvalue weighted by Crippen LogP contribution is 2.22. The first-order chi connectivity index (χ1) is 13.1. The van der Waals surface area contributed by atoms with Gasteiger partial charge in [0.15, 0.2) is 0 Å². The molecule has 7 heteroatoms. The number of benzene rings is 1. The van der Waals surface area contributed by atoms with E-state index in [0.717, 1.165) is 18.1 Å². The van der Waals surface area contributed by atoms with Crippen molar-refractivity contribution >= 4 is 28.8 Å². The molecule has 1 amide bonds. The Kier molecular flexibility index (Phi) is 5.41. The minimum atomic E-state index is -0.578. The van der Waals surface area contributed by atoms with E-state index in [1.807, 2.05) is 30.3 Å². The first-order valence-electron chi connectivity index (χ1n) is 8.36. The first-order valence-corrected chi connectivity index (χ1v) is 8.36. The van der Waals surface area contributed by atoms with Gasteiger partial charge in [-0.15, -0.1) is 0 Å². The highest BCUT2D eigenvalue weighted by molar-refractivity contribution is 5.98. The molecule has 0 unspecified atom stereocenters. The van der Waals surface area contributed by atoms with Crippen LogP contribution >= 0.6 is 0 Å². The maximum Gasteiger partial charge on any atom is 0.253 e. The van der Waals surface area contributed by atoms with Crippen molar-refractivity contribution in [2.24, 2.45) is 0 Å². The van der Waals surface area contributed by atoms with Gasteiger partial charge in [0.05, 0.1) is 0 Å². The van der Waals surface area contributed by atoms with Gasteiger partial charge in [-0.2, -0.15) is 0 Å². The Morgan fingerprint density at radius 1 is 1.07 bits per heavy atom. The van der Waals surface area contributed by atoms with Crippen molar-refractivity contribution in [3.8, 4) is 0 Å². The quantitative estimate of drug-likeness (QED) is 0.420. The molecule has 7 nitrogen and oxygen atoms in total. The monoisotopic (exact) mass is 362 g/mol. The summed E-state index contributed by atoms with van der Waals surface area (Å²) in [5, 5.41) is 8.47. The molecule has 1 heterocycles. The van der Waals surface area contributed by atoms with Crippen LogP contribution in [0.15, 0.2) is 70.9 Å². The molecule has 0 saturated heterocycles. The molecule has 3 N–H and O–H groups in total. The number of aromatic nitrogens is 1. The molecular formula is C20H18N4O3. The van der Waals surface area contributed by atoms with Gasteiger partial charge in [0.2, 0.25) is 5.91 Å². The molecule has 27 heavy (non-hydrogen) atoms. The van der Waals surface area contributed by atoms with E-state index in [1.165, 1.54) is 6.20 Å². The molecular weight excluding hydrogens is 344 g/mol. The van der Waals surface area contributed by atoms with Gasteiger partial charge < -0.3 is 16.0 Å². The molecule has 3 rings (SSSR count). The smallest absolute Gasteiger partial charge is 0.253 e. The molecule has 0 bridgehead atoms. The van der Waals surface area contributed by atoms with E-state index in [2.05, 4.69) is 27.5 Å². The number of amides is 1. The summed E-state index contributed by atoms with van der Waals surface area (Å²) in [5.74, 6) is -0.0841. The van der Waals surface area contributed by atoms with Crippen LogP contribution in [0.5, 0.6) is 0 Å². The van der Waals surface area contributed by atoms with Gasteiger partial charge in [0.25, 0.3) is 10.9 Å². The van der Waals surface area contributed by atoms with Crippen LogP contribution in [0.1, 0.15) is 5.56 Å². The summed E-state index contributed by atoms with van der Waals surface area (Å²) in [7, 11) is 0. The second-order valence-electron chi connectivity index (χ2n) is 5.82. The Morgan fingerprint density at radius 2 is 1.81 bits per heavy atom. The van der Waals surface area contributed by atoms with Crippen molar-refractivity contribution < 1.29 is 4.79 Å². The lowest BCUT2D eigenvalue weighted by molar-refractivity contribution is -0.111. The standard InChI is InChI=1S/C20H18N4O3/c1-2-16(25)24-15-12-14(9-11-21-15)23-18-17(19(26)20(18)27)22-10-8-13-6-4-3-5-7-13/h2-7,9,11-12,22H,1,8,10H2,(H2,21,23,24,25). The van der Waals surface area contributed by atoms with Crippen LogP contribution in [0.2, 0.25) is 0 Å². The maximum atomic E-state index is 11.9. The number of carbonyl (C=O) groups is 1. The van der Waals surface area contributed by atoms with Crippen LogP contribution in [-0.2, 0) is 11.2 Å². The Hall–Kier alpha value is -3.74. The molecule has 0 aliphatic rings. The van der Waals surface area contributed by atoms with Crippen LogP contribution in [0, 0.1) is 0 Å². The summed E-state index contributed by atoms with van der Waals surface area (Å²) in [5.41, 5.74) is 1.02. The fourth-order valence-electron chi connectivity index (χ4n) is 2.55. The van der Waals surface area contributed by atoms with E-state index in [1.54, 1.807) is 12.1 Å². The summed E-state index contributed by atoms with van der Waals surface area (Å²) < 4.78 is 0. The van der Waals surface area contributed by atoms with Crippen LogP contribution in [-0.4, -0.2) is 17.4 Å². The molecule has 0 spiro atoms. The van der Waals surface area contributed by atoms with E-state index in [9.17, 15) is 14.4 Å². The average molecular weight is 362 g/mol. The number of nitrogens with one attached hydrogen (secondary N) is 3. The first kappa shape index (κ1) is 18.1. The summed E-state index contributed by atoms with van der Waals surface area (Å²) in [6.07, 6.45) is 3.34. The van der Waals surface area contributed by atoms with E-state index in [-0.39, 0.29) is 11.4 Å². The number of pyridine rings is 1. The summed E-state index contributed by atoms with van der Waals surface area (Å²) in [4.78, 5) is 39.1. The minimum Gasteiger partial charge on any atom is -0.380 e. The van der Waals surface area contributed by atoms with Crippen molar-refractivity contribution in [1.82, 2.24) is 4.98 Å². The highest BCUT2D eigenvalue weighted by Gasteiger charge is 2.20. The lowest BCUT2D eigenvalue weighted by Crippen LogP contribution is -2.37. The molecule has 3 aromatic rings. The van der Waals surface area contributed by atoms with Crippen molar-refractivity contribution in [3.05, 3.63) is 87.3 Å². The average Bonchev–Trinajstić information content (AvgIpc) is 2.70. The zero-order chi connectivity index (χ0) is 19.2. The Balaban J connectivity index is 1.67. The third-order valence-electron chi connectivity index (χ3n) is 3.93. The molecule has 0 atom stereocenters. The maximum absolute atomic E-state index is 11.9. The van der Waals surface area contributed by atoms with Crippen molar-refractivity contribution in [2.75, 3.05) is 22.5 Å². The SMILES string of the molecule is C=CC(=O)Nc1cc(Nc2c(NCCc3ccccc3)c(=O)c2=O)ccn1. The number of rotatable bonds is 8. The zero-order valence-electron chi connectivity index (χ0n) is 14.5. The molecule has 1 aromatic heterocycles. The summed E-state index contributed by atoms with van der Waals surface area (Å²) in [6.45, 7) is 3.90. The van der Waals surface area contributed by atoms with Gasteiger partial charge in [-0.1, -0.05) is 36.9 Å². The van der Waals surface area contributed by atoms with Crippen LogP contribution in [0.4, 0.5) is 22.9 Å². The van der Waals surface area contributed by atoms with Gasteiger partial charge >= 0.3 is 0 Å². The fourth-order valence-corrected chi connectivity index (χ4v) is 2.55. The number of hydrogen-bond acceptors (Lipinski definition) is 6. The third-order valence-corrected chi connectivity index (χ3v) is 3.93. The van der Waals surface area contributed by atoms with Crippen LogP contribution in [0.25, 0.3) is 0 Å². The van der Waals surface area contributed by atoms with Gasteiger partial charge in [0, 0.05) is 24.5 Å². The molecule has 136 valence electrons. The van der Waals surface area contributed by atoms with E-state index < -0.39 is 16.8 Å². The normalized spacial score (nSPS) is 10.4. The number of hydrogen-bond donors (Lipinski definition) is 3. The highest BCUT2D eigenvalue weighted by atomic mass is 16.2. The number of anilines is 4. The lowest BCUT2D eigenvalue weighted by Gasteiger charge is -2.15. The largest absolute Gasteiger partial charge is 0.380 e. The molecule has 0 fully saturated rings. The Bertz CT molecular complexity index is 1040. The van der Waals surface area contributed by atoms with Gasteiger partial charge in [-0.3, -0.25) is 14.4 Å². The molecule has 0 radical (unpaired) electrons. The number of carbonyl (C=O) groups excluding carboxylic acids is 1. The summed E-state index contributed by atoms with van der Waals surface area (Å²) in [6, 6.07) is 13.0. The lowest BCUT2D eigenvalue weighted by atomic mass is 10.1. The fraction of sp³-hybridized carbons (Fsp3) is 0.100. The summed E-state index contributed by atoms with van der Waals surface area (Å²) >= 11 is 0. The predicted octanol–water partition coefficient (Wildman–Crippen LogP) is 2.20. The molecule has 2 aromatic carbocycles. The van der Waals surface area contributed by atoms with Gasteiger partial charge in [0.1, 0.15) is 17.2 Å². The van der Waals surface area contributed by atoms with E-state index >= 15 is 0 Å². The Morgan fingerprint density at radius 3 is 2.56 bits per heavy atom. The zero-order valence-corrected chi connectivity index (χ0v) is 14.5. The Labute approximate surface area is 155 Å². The van der Waals surface area contributed by atoms with Crippen LogP contribution in [0.3, 0.4) is 0 Å². The minimum absolute atomic E-state index is 0.209. The third kappa shape index (κ3) is 4.27. The second kappa shape index (κ2) is 8.09.